The van der Waals surface area contributed by atoms with Crippen LogP contribution < -0.4 is 10.0 Å². The zero-order valence-electron chi connectivity index (χ0n) is 12.6. The van der Waals surface area contributed by atoms with Gasteiger partial charge in [0.15, 0.2) is 0 Å². The fraction of sp³-hybridized carbons (Fsp3) is 0.571. The van der Waals surface area contributed by atoms with Crippen LogP contribution in [0.2, 0.25) is 0 Å². The summed E-state index contributed by atoms with van der Waals surface area (Å²) in [6.45, 7) is 4.69. The Morgan fingerprint density at radius 2 is 2.05 bits per heavy atom. The van der Waals surface area contributed by atoms with Gasteiger partial charge in [-0.25, -0.2) is 17.5 Å². The Morgan fingerprint density at radius 3 is 2.67 bits per heavy atom. The highest BCUT2D eigenvalue weighted by atomic mass is 32.2. The van der Waals surface area contributed by atoms with Gasteiger partial charge < -0.3 is 5.32 Å². The SMILES string of the molecule is CSCCCNS(=O)(=O)c1cc(F)ccc1CNC(C)C. The molecule has 4 nitrogen and oxygen atoms in total. The molecule has 2 N–H and O–H groups in total. The van der Waals surface area contributed by atoms with E-state index in [0.717, 1.165) is 18.2 Å². The van der Waals surface area contributed by atoms with Crippen molar-refractivity contribution in [1.29, 1.82) is 0 Å². The van der Waals surface area contributed by atoms with E-state index in [0.29, 0.717) is 18.7 Å². The van der Waals surface area contributed by atoms with Crippen molar-refractivity contribution in [2.45, 2.75) is 37.8 Å². The van der Waals surface area contributed by atoms with Crippen molar-refractivity contribution in [2.24, 2.45) is 0 Å². The molecule has 21 heavy (non-hydrogen) atoms. The first-order valence-corrected chi connectivity index (χ1v) is 9.75. The monoisotopic (exact) mass is 334 g/mol. The van der Waals surface area contributed by atoms with E-state index in [4.69, 9.17) is 0 Å². The fourth-order valence-electron chi connectivity index (χ4n) is 1.74. The summed E-state index contributed by atoms with van der Waals surface area (Å²) in [5.41, 5.74) is 0.572. The summed E-state index contributed by atoms with van der Waals surface area (Å²) in [4.78, 5) is 0.0137. The number of hydrogen-bond donors (Lipinski definition) is 2. The molecule has 0 heterocycles. The van der Waals surface area contributed by atoms with Crippen LogP contribution in [0.5, 0.6) is 0 Å². The van der Waals surface area contributed by atoms with Crippen molar-refractivity contribution >= 4 is 21.8 Å². The topological polar surface area (TPSA) is 58.2 Å². The number of nitrogens with one attached hydrogen (secondary N) is 2. The van der Waals surface area contributed by atoms with Gasteiger partial charge in [0.1, 0.15) is 5.82 Å². The van der Waals surface area contributed by atoms with Gasteiger partial charge in [-0.15, -0.1) is 0 Å². The lowest BCUT2D eigenvalue weighted by Gasteiger charge is -2.14. The summed E-state index contributed by atoms with van der Waals surface area (Å²) in [6, 6.07) is 4.10. The van der Waals surface area contributed by atoms with Crippen LogP contribution in [-0.4, -0.2) is 33.0 Å². The first kappa shape index (κ1) is 18.4. The summed E-state index contributed by atoms with van der Waals surface area (Å²) in [6.07, 6.45) is 2.71. The number of halogens is 1. The van der Waals surface area contributed by atoms with Gasteiger partial charge in [-0.1, -0.05) is 19.9 Å². The molecule has 0 unspecified atom stereocenters. The molecule has 0 aromatic heterocycles. The fourth-order valence-corrected chi connectivity index (χ4v) is 3.49. The standard InChI is InChI=1S/C14H23FN2O2S2/c1-11(2)16-10-12-5-6-13(15)9-14(12)21(18,19)17-7-4-8-20-3/h5-6,9,11,16-17H,4,7-8,10H2,1-3H3. The molecule has 0 saturated carbocycles. The third-order valence-electron chi connectivity index (χ3n) is 2.84. The summed E-state index contributed by atoms with van der Waals surface area (Å²) in [5.74, 6) is 0.334. The molecule has 0 saturated heterocycles. The average molecular weight is 334 g/mol. The molecule has 0 aliphatic rings. The summed E-state index contributed by atoms with van der Waals surface area (Å²) >= 11 is 1.66. The molecule has 0 amide bonds. The van der Waals surface area contributed by atoms with Gasteiger partial charge in [-0.2, -0.15) is 11.8 Å². The molecule has 0 atom stereocenters. The maximum absolute atomic E-state index is 13.4. The number of sulfonamides is 1. The van der Waals surface area contributed by atoms with E-state index in [2.05, 4.69) is 10.0 Å². The Morgan fingerprint density at radius 1 is 1.33 bits per heavy atom. The Bertz CT molecular complexity index is 548. The molecule has 0 aliphatic heterocycles. The molecule has 0 spiro atoms. The Hall–Kier alpha value is -0.630. The minimum absolute atomic E-state index is 0.0137. The van der Waals surface area contributed by atoms with Gasteiger partial charge in [0.05, 0.1) is 4.90 Å². The molecule has 0 fully saturated rings. The highest BCUT2D eigenvalue weighted by molar-refractivity contribution is 7.98. The third kappa shape index (κ3) is 6.34. The predicted molar refractivity (Wildman–Crippen MR) is 86.6 cm³/mol. The lowest BCUT2D eigenvalue weighted by atomic mass is 10.2. The van der Waals surface area contributed by atoms with Crippen LogP contribution in [0.4, 0.5) is 4.39 Å². The minimum atomic E-state index is -3.68. The van der Waals surface area contributed by atoms with Gasteiger partial charge in [-0.05, 0) is 36.1 Å². The van der Waals surface area contributed by atoms with Gasteiger partial charge in [0.2, 0.25) is 10.0 Å². The van der Waals surface area contributed by atoms with E-state index in [1.807, 2.05) is 20.1 Å². The smallest absolute Gasteiger partial charge is 0.240 e. The number of thioether (sulfide) groups is 1. The first-order chi connectivity index (χ1) is 9.86. The second kappa shape index (κ2) is 8.73. The van der Waals surface area contributed by atoms with Crippen LogP contribution in [0.25, 0.3) is 0 Å². The molecule has 7 heteroatoms. The van der Waals surface area contributed by atoms with Gasteiger partial charge in [-0.3, -0.25) is 0 Å². The van der Waals surface area contributed by atoms with Gasteiger partial charge in [0.25, 0.3) is 0 Å². The Balaban J connectivity index is 2.89. The summed E-state index contributed by atoms with van der Waals surface area (Å²) in [7, 11) is -3.68. The van der Waals surface area contributed by atoms with Gasteiger partial charge in [0, 0.05) is 19.1 Å². The molecular formula is C14H23FN2O2S2. The minimum Gasteiger partial charge on any atom is -0.310 e. The lowest BCUT2D eigenvalue weighted by molar-refractivity contribution is 0.562. The highest BCUT2D eigenvalue weighted by Gasteiger charge is 2.19. The lowest BCUT2D eigenvalue weighted by Crippen LogP contribution is -2.28. The molecule has 0 radical (unpaired) electrons. The maximum atomic E-state index is 13.4. The number of rotatable bonds is 9. The highest BCUT2D eigenvalue weighted by Crippen LogP contribution is 2.17. The maximum Gasteiger partial charge on any atom is 0.240 e. The van der Waals surface area contributed by atoms with Crippen molar-refractivity contribution < 1.29 is 12.8 Å². The van der Waals surface area contributed by atoms with Crippen molar-refractivity contribution in [3.05, 3.63) is 29.6 Å². The van der Waals surface area contributed by atoms with Gasteiger partial charge >= 0.3 is 0 Å². The van der Waals surface area contributed by atoms with E-state index >= 15 is 0 Å². The third-order valence-corrected chi connectivity index (χ3v) is 5.08. The van der Waals surface area contributed by atoms with Crippen LogP contribution in [-0.2, 0) is 16.6 Å². The van der Waals surface area contributed by atoms with Crippen molar-refractivity contribution in [2.75, 3.05) is 18.6 Å². The largest absolute Gasteiger partial charge is 0.310 e. The van der Waals surface area contributed by atoms with Crippen molar-refractivity contribution in [1.82, 2.24) is 10.0 Å². The Labute approximate surface area is 131 Å². The van der Waals surface area contributed by atoms with Crippen LogP contribution in [0.1, 0.15) is 25.8 Å². The molecular weight excluding hydrogens is 311 g/mol. The second-order valence-electron chi connectivity index (χ2n) is 5.03. The number of benzene rings is 1. The Kier molecular flexibility index (Phi) is 7.65. The molecule has 120 valence electrons. The normalized spacial score (nSPS) is 12.0. The quantitative estimate of drug-likeness (QED) is 0.681. The van der Waals surface area contributed by atoms with Crippen LogP contribution >= 0.6 is 11.8 Å². The zero-order chi connectivity index (χ0) is 15.9. The van der Waals surface area contributed by atoms with E-state index in [1.165, 1.54) is 12.1 Å². The molecule has 0 aliphatic carbocycles. The van der Waals surface area contributed by atoms with Crippen LogP contribution in [0, 0.1) is 5.82 Å². The van der Waals surface area contributed by atoms with E-state index in [9.17, 15) is 12.8 Å². The summed E-state index contributed by atoms with van der Waals surface area (Å²) < 4.78 is 40.5. The molecule has 0 bridgehead atoms. The van der Waals surface area contributed by atoms with E-state index < -0.39 is 15.8 Å². The first-order valence-electron chi connectivity index (χ1n) is 6.87. The average Bonchev–Trinajstić information content (AvgIpc) is 2.42. The second-order valence-corrected chi connectivity index (χ2v) is 7.75. The zero-order valence-corrected chi connectivity index (χ0v) is 14.3. The number of hydrogen-bond acceptors (Lipinski definition) is 4. The predicted octanol–water partition coefficient (Wildman–Crippen LogP) is 2.36. The van der Waals surface area contributed by atoms with Crippen LogP contribution in [0.15, 0.2) is 23.1 Å². The van der Waals surface area contributed by atoms with E-state index in [1.54, 1.807) is 11.8 Å². The van der Waals surface area contributed by atoms with Crippen molar-refractivity contribution in [3.8, 4) is 0 Å². The molecule has 1 rings (SSSR count). The van der Waals surface area contributed by atoms with Crippen LogP contribution in [0.3, 0.4) is 0 Å². The molecule has 1 aromatic carbocycles. The molecule has 1 aromatic rings. The summed E-state index contributed by atoms with van der Waals surface area (Å²) in [5, 5.41) is 3.15. The van der Waals surface area contributed by atoms with E-state index in [-0.39, 0.29) is 10.9 Å². The van der Waals surface area contributed by atoms with Crippen molar-refractivity contribution in [3.63, 3.8) is 0 Å².